The first-order valence-electron chi connectivity index (χ1n) is 11.2. The SMILES string of the molecule is O=C(O)CC[C@H]1CN(S(=O)(=O)c2cccc(C(F)(F)F)c2)c2cc(-c3cccc4ccnn34)ccc2O1. The van der Waals surface area contributed by atoms with E-state index in [0.717, 1.165) is 28.0 Å². The van der Waals surface area contributed by atoms with Gasteiger partial charge in [-0.15, -0.1) is 0 Å². The second kappa shape index (κ2) is 9.11. The number of carboxylic acids is 1. The molecule has 2 aromatic heterocycles. The smallest absolute Gasteiger partial charge is 0.416 e. The molecule has 12 heteroatoms. The van der Waals surface area contributed by atoms with Gasteiger partial charge in [0.05, 0.1) is 40.1 Å². The van der Waals surface area contributed by atoms with E-state index in [0.29, 0.717) is 17.3 Å². The molecule has 3 heterocycles. The number of hydrogen-bond acceptors (Lipinski definition) is 5. The third-order valence-electron chi connectivity index (χ3n) is 6.04. The second-order valence-corrected chi connectivity index (χ2v) is 10.4. The number of ether oxygens (including phenoxy) is 1. The molecule has 37 heavy (non-hydrogen) atoms. The number of aromatic nitrogens is 2. The van der Waals surface area contributed by atoms with Gasteiger partial charge in [0.2, 0.25) is 0 Å². The number of carbonyl (C=O) groups is 1. The molecule has 0 fully saturated rings. The van der Waals surface area contributed by atoms with Crippen molar-refractivity contribution in [3.8, 4) is 17.0 Å². The lowest BCUT2D eigenvalue weighted by Crippen LogP contribution is -2.43. The number of rotatable bonds is 6. The third kappa shape index (κ3) is 4.71. The number of nitrogens with zero attached hydrogens (tertiary/aromatic N) is 3. The van der Waals surface area contributed by atoms with Crippen LogP contribution >= 0.6 is 0 Å². The van der Waals surface area contributed by atoms with Crippen molar-refractivity contribution in [2.75, 3.05) is 10.8 Å². The Hall–Kier alpha value is -4.06. The molecule has 1 aliphatic heterocycles. The molecule has 4 aromatic rings. The molecule has 2 aromatic carbocycles. The molecule has 0 unspecified atom stereocenters. The van der Waals surface area contributed by atoms with E-state index in [9.17, 15) is 26.4 Å². The molecule has 0 bridgehead atoms. The molecular formula is C25H20F3N3O5S. The van der Waals surface area contributed by atoms with Gasteiger partial charge in [-0.1, -0.05) is 12.1 Å². The Morgan fingerprint density at radius 2 is 1.86 bits per heavy atom. The van der Waals surface area contributed by atoms with E-state index in [1.807, 2.05) is 18.2 Å². The number of hydrogen-bond donors (Lipinski definition) is 1. The standard InChI is InChI=1S/C25H20F3N3O5S/c26-25(27,28)17-3-1-5-20(14-17)37(34,35)30-15-19(8-10-24(32)33)36-23-9-7-16(13-22(23)30)21-6-2-4-18-11-12-29-31(18)21/h1-7,9,11-14,19H,8,10,15H2,(H,32,33)/t19-/m0/s1. The van der Waals surface area contributed by atoms with Crippen LogP contribution in [0.3, 0.4) is 0 Å². The Labute approximate surface area is 209 Å². The highest BCUT2D eigenvalue weighted by atomic mass is 32.2. The highest BCUT2D eigenvalue weighted by molar-refractivity contribution is 7.92. The number of halogens is 3. The average Bonchev–Trinajstić information content (AvgIpc) is 3.35. The monoisotopic (exact) mass is 531 g/mol. The molecule has 0 saturated carbocycles. The number of alkyl halides is 3. The average molecular weight is 532 g/mol. The van der Waals surface area contributed by atoms with Gasteiger partial charge >= 0.3 is 12.1 Å². The minimum absolute atomic E-state index is 0.0116. The second-order valence-electron chi connectivity index (χ2n) is 8.50. The van der Waals surface area contributed by atoms with Crippen LogP contribution in [0, 0.1) is 0 Å². The molecule has 0 aliphatic carbocycles. The summed E-state index contributed by atoms with van der Waals surface area (Å²) in [6, 6.07) is 15.7. The van der Waals surface area contributed by atoms with Crippen molar-refractivity contribution in [1.29, 1.82) is 0 Å². The first-order valence-corrected chi connectivity index (χ1v) is 12.6. The number of aliphatic carboxylic acids is 1. The van der Waals surface area contributed by atoms with Crippen LogP contribution in [0.25, 0.3) is 16.8 Å². The number of benzene rings is 2. The van der Waals surface area contributed by atoms with Gasteiger partial charge < -0.3 is 9.84 Å². The fourth-order valence-electron chi connectivity index (χ4n) is 4.26. The minimum Gasteiger partial charge on any atom is -0.486 e. The minimum atomic E-state index is -4.73. The zero-order valence-electron chi connectivity index (χ0n) is 19.1. The van der Waals surface area contributed by atoms with Crippen LogP contribution in [0.4, 0.5) is 18.9 Å². The molecule has 5 rings (SSSR count). The summed E-state index contributed by atoms with van der Waals surface area (Å²) in [7, 11) is -4.48. The van der Waals surface area contributed by atoms with Crippen molar-refractivity contribution >= 4 is 27.2 Å². The third-order valence-corrected chi connectivity index (χ3v) is 7.81. The first-order chi connectivity index (χ1) is 17.5. The number of sulfonamides is 1. The summed E-state index contributed by atoms with van der Waals surface area (Å²) < 4.78 is 75.9. The molecule has 192 valence electrons. The van der Waals surface area contributed by atoms with E-state index >= 15 is 0 Å². The number of anilines is 1. The molecule has 0 amide bonds. The van der Waals surface area contributed by atoms with Crippen LogP contribution in [-0.4, -0.2) is 41.8 Å². The van der Waals surface area contributed by atoms with Gasteiger partial charge in [0.1, 0.15) is 11.9 Å². The van der Waals surface area contributed by atoms with Gasteiger partial charge in [0.15, 0.2) is 0 Å². The molecular weight excluding hydrogens is 511 g/mol. The predicted octanol–water partition coefficient (Wildman–Crippen LogP) is 4.84. The van der Waals surface area contributed by atoms with Crippen molar-refractivity contribution in [2.45, 2.75) is 30.0 Å². The molecule has 0 radical (unpaired) electrons. The van der Waals surface area contributed by atoms with Gasteiger partial charge in [-0.3, -0.25) is 9.10 Å². The lowest BCUT2D eigenvalue weighted by atomic mass is 10.1. The van der Waals surface area contributed by atoms with E-state index in [1.165, 1.54) is 0 Å². The van der Waals surface area contributed by atoms with E-state index in [1.54, 1.807) is 35.0 Å². The van der Waals surface area contributed by atoms with Gasteiger partial charge in [0, 0.05) is 12.0 Å². The lowest BCUT2D eigenvalue weighted by molar-refractivity contribution is -0.138. The number of fused-ring (bicyclic) bond motifs is 2. The molecule has 8 nitrogen and oxygen atoms in total. The maximum absolute atomic E-state index is 13.7. The maximum atomic E-state index is 13.7. The molecule has 1 aliphatic rings. The Kier molecular flexibility index (Phi) is 6.06. The van der Waals surface area contributed by atoms with Crippen molar-refractivity contribution in [3.05, 3.63) is 78.5 Å². The first kappa shape index (κ1) is 24.6. The van der Waals surface area contributed by atoms with Crippen LogP contribution in [0.2, 0.25) is 0 Å². The van der Waals surface area contributed by atoms with Crippen LogP contribution in [-0.2, 0) is 21.0 Å². The van der Waals surface area contributed by atoms with Crippen molar-refractivity contribution < 1.29 is 36.2 Å². The highest BCUT2D eigenvalue weighted by Crippen LogP contribution is 2.41. The van der Waals surface area contributed by atoms with E-state index in [-0.39, 0.29) is 30.8 Å². The summed E-state index contributed by atoms with van der Waals surface area (Å²) >= 11 is 0. The number of pyridine rings is 1. The summed E-state index contributed by atoms with van der Waals surface area (Å²) in [6.07, 6.45) is -4.18. The van der Waals surface area contributed by atoms with E-state index in [4.69, 9.17) is 9.84 Å². The summed E-state index contributed by atoms with van der Waals surface area (Å²) in [6.45, 7) is -0.270. The summed E-state index contributed by atoms with van der Waals surface area (Å²) in [5.41, 5.74) is 1.11. The van der Waals surface area contributed by atoms with Crippen molar-refractivity contribution in [1.82, 2.24) is 9.61 Å². The maximum Gasteiger partial charge on any atom is 0.416 e. The molecule has 0 spiro atoms. The Bertz CT molecular complexity index is 1600. The van der Waals surface area contributed by atoms with Gasteiger partial charge in [0.25, 0.3) is 10.0 Å². The fourth-order valence-corrected chi connectivity index (χ4v) is 5.81. The largest absolute Gasteiger partial charge is 0.486 e. The van der Waals surface area contributed by atoms with Crippen molar-refractivity contribution in [3.63, 3.8) is 0 Å². The topological polar surface area (TPSA) is 101 Å². The molecule has 0 saturated heterocycles. The summed E-state index contributed by atoms with van der Waals surface area (Å²) in [4.78, 5) is 10.6. The van der Waals surface area contributed by atoms with Gasteiger partial charge in [-0.05, 0) is 61.0 Å². The molecule has 1 atom stereocenters. The highest BCUT2D eigenvalue weighted by Gasteiger charge is 2.37. The Morgan fingerprint density at radius 3 is 2.62 bits per heavy atom. The van der Waals surface area contributed by atoms with Crippen LogP contribution in [0.15, 0.2) is 77.8 Å². The quantitative estimate of drug-likeness (QED) is 0.382. The summed E-state index contributed by atoms with van der Waals surface area (Å²) in [5.74, 6) is -0.905. The van der Waals surface area contributed by atoms with Gasteiger partial charge in [-0.25, -0.2) is 12.9 Å². The number of carboxylic acid groups (broad SMARTS) is 1. The Morgan fingerprint density at radius 1 is 1.08 bits per heavy atom. The normalized spacial score (nSPS) is 15.9. The molecule has 1 N–H and O–H groups in total. The van der Waals surface area contributed by atoms with E-state index < -0.39 is 38.7 Å². The summed E-state index contributed by atoms with van der Waals surface area (Å²) in [5, 5.41) is 13.4. The van der Waals surface area contributed by atoms with Crippen molar-refractivity contribution in [2.24, 2.45) is 0 Å². The van der Waals surface area contributed by atoms with Crippen LogP contribution in [0.1, 0.15) is 18.4 Å². The lowest BCUT2D eigenvalue weighted by Gasteiger charge is -2.35. The van der Waals surface area contributed by atoms with Crippen LogP contribution < -0.4 is 9.04 Å². The predicted molar refractivity (Wildman–Crippen MR) is 128 cm³/mol. The Balaban J connectivity index is 1.62. The van der Waals surface area contributed by atoms with Crippen LogP contribution in [0.5, 0.6) is 5.75 Å². The zero-order valence-corrected chi connectivity index (χ0v) is 19.9. The van der Waals surface area contributed by atoms with E-state index in [2.05, 4.69) is 5.10 Å². The zero-order chi connectivity index (χ0) is 26.4. The fraction of sp³-hybridized carbons (Fsp3) is 0.200. The van der Waals surface area contributed by atoms with Gasteiger partial charge in [-0.2, -0.15) is 18.3 Å².